The van der Waals surface area contributed by atoms with Crippen molar-refractivity contribution in [3.8, 4) is 11.1 Å². The Bertz CT molecular complexity index is 1440. The van der Waals surface area contributed by atoms with Crippen molar-refractivity contribution in [2.45, 2.75) is 56.8 Å². The summed E-state index contributed by atoms with van der Waals surface area (Å²) >= 11 is 0. The summed E-state index contributed by atoms with van der Waals surface area (Å²) in [4.78, 5) is 0.472. The van der Waals surface area contributed by atoms with Gasteiger partial charge in [0.1, 0.15) is 0 Å². The van der Waals surface area contributed by atoms with Crippen molar-refractivity contribution < 1.29 is 8.42 Å². The summed E-state index contributed by atoms with van der Waals surface area (Å²) in [6, 6.07) is 24.8. The number of hydrogen-bond donors (Lipinski definition) is 0. The fraction of sp³-hybridized carbons (Fsp3) is 0.310. The van der Waals surface area contributed by atoms with Gasteiger partial charge >= 0.3 is 0 Å². The molecule has 0 aliphatic carbocycles. The van der Waals surface area contributed by atoms with Gasteiger partial charge in [0.15, 0.2) is 9.84 Å². The maximum atomic E-state index is 13.3. The van der Waals surface area contributed by atoms with Crippen molar-refractivity contribution in [3.05, 3.63) is 72.8 Å². The first kappa shape index (κ1) is 23.9. The second kappa shape index (κ2) is 8.22. The van der Waals surface area contributed by atoms with Crippen LogP contribution in [0.4, 0.5) is 0 Å². The molecule has 4 aromatic carbocycles. The van der Waals surface area contributed by atoms with Crippen molar-refractivity contribution in [1.29, 1.82) is 0 Å². The zero-order valence-corrected chi connectivity index (χ0v) is 22.3. The average Bonchev–Trinajstić information content (AvgIpc) is 2.70. The van der Waals surface area contributed by atoms with E-state index in [2.05, 4.69) is 96.1 Å². The van der Waals surface area contributed by atoms with Crippen molar-refractivity contribution >= 4 is 44.6 Å². The van der Waals surface area contributed by atoms with Crippen LogP contribution in [0.3, 0.4) is 0 Å². The molecule has 0 saturated carbocycles. The number of rotatable bonds is 3. The predicted molar refractivity (Wildman–Crippen MR) is 146 cm³/mol. The van der Waals surface area contributed by atoms with Gasteiger partial charge in [-0.2, -0.15) is 0 Å². The van der Waals surface area contributed by atoms with Crippen LogP contribution in [0.5, 0.6) is 0 Å². The van der Waals surface area contributed by atoms with Gasteiger partial charge in [0.05, 0.1) is 4.90 Å². The van der Waals surface area contributed by atoms with Crippen LogP contribution in [0.25, 0.3) is 32.7 Å². The van der Waals surface area contributed by atoms with Crippen LogP contribution in [-0.2, 0) is 9.84 Å². The van der Waals surface area contributed by atoms with Crippen LogP contribution in [0, 0.1) is 0 Å². The van der Waals surface area contributed by atoms with E-state index in [0.717, 1.165) is 38.0 Å². The lowest BCUT2D eigenvalue weighted by molar-refractivity contribution is 0.602. The molecular weight excluding hydrogens is 443 g/mol. The molecule has 0 radical (unpaired) electrons. The molecule has 0 heterocycles. The maximum Gasteiger partial charge on any atom is 0.176 e. The Morgan fingerprint density at radius 3 is 1.76 bits per heavy atom. The van der Waals surface area contributed by atoms with Crippen LogP contribution in [-0.4, -0.2) is 25.0 Å². The summed E-state index contributed by atoms with van der Waals surface area (Å²) in [7, 11) is -4.33. The quantitative estimate of drug-likeness (QED) is 0.283. The first-order chi connectivity index (χ1) is 15.3. The smallest absolute Gasteiger partial charge is 0.176 e. The number of sulfone groups is 1. The van der Waals surface area contributed by atoms with Crippen molar-refractivity contribution in [1.82, 2.24) is 0 Å². The van der Waals surface area contributed by atoms with Gasteiger partial charge in [0, 0.05) is 11.6 Å². The van der Waals surface area contributed by atoms with Gasteiger partial charge in [-0.05, 0) is 49.1 Å². The van der Waals surface area contributed by atoms with E-state index in [1.807, 2.05) is 18.2 Å². The lowest BCUT2D eigenvalue weighted by Gasteiger charge is -2.43. The van der Waals surface area contributed by atoms with Crippen molar-refractivity contribution in [2.75, 3.05) is 6.26 Å². The predicted octanol–water partition coefficient (Wildman–Crippen LogP) is 7.77. The van der Waals surface area contributed by atoms with Crippen LogP contribution in [0.2, 0.25) is 0 Å². The van der Waals surface area contributed by atoms with Gasteiger partial charge in [-0.25, -0.2) is 8.42 Å². The highest BCUT2D eigenvalue weighted by atomic mass is 32.2. The Morgan fingerprint density at radius 2 is 1.18 bits per heavy atom. The number of benzene rings is 4. The monoisotopic (exact) mass is 476 g/mol. The molecule has 0 aliphatic rings. The zero-order valence-electron chi connectivity index (χ0n) is 20.6. The van der Waals surface area contributed by atoms with Gasteiger partial charge in [0.2, 0.25) is 0 Å². The fourth-order valence-electron chi connectivity index (χ4n) is 5.21. The topological polar surface area (TPSA) is 34.1 Å². The van der Waals surface area contributed by atoms with E-state index < -0.39 is 17.8 Å². The van der Waals surface area contributed by atoms with E-state index in [9.17, 15) is 8.42 Å². The van der Waals surface area contributed by atoms with E-state index in [1.54, 1.807) is 0 Å². The Hall–Kier alpha value is -2.22. The molecule has 172 valence electrons. The Balaban J connectivity index is 2.33. The van der Waals surface area contributed by atoms with Crippen LogP contribution in [0.1, 0.15) is 41.5 Å². The molecule has 4 heteroatoms. The van der Waals surface area contributed by atoms with Crippen LogP contribution in [0.15, 0.2) is 77.7 Å². The Kier molecular flexibility index (Phi) is 5.96. The fourth-order valence-corrected chi connectivity index (χ4v) is 10.9. The summed E-state index contributed by atoms with van der Waals surface area (Å²) in [6.45, 7) is 13.5. The van der Waals surface area contributed by atoms with Gasteiger partial charge in [-0.15, -0.1) is 0 Å². The third-order valence-electron chi connectivity index (χ3n) is 6.01. The van der Waals surface area contributed by atoms with Gasteiger partial charge in [0.25, 0.3) is 0 Å². The molecule has 4 rings (SSSR count). The molecule has 0 N–H and O–H groups in total. The minimum Gasteiger partial charge on any atom is -0.224 e. The molecule has 0 unspecified atom stereocenters. The third-order valence-corrected chi connectivity index (χ3v) is 10.9. The van der Waals surface area contributed by atoms with Crippen molar-refractivity contribution in [2.24, 2.45) is 0 Å². The molecule has 0 spiro atoms. The lowest BCUT2D eigenvalue weighted by Crippen LogP contribution is -2.34. The molecular formula is C29H33O2PS. The van der Waals surface area contributed by atoms with Crippen LogP contribution >= 0.6 is 7.92 Å². The van der Waals surface area contributed by atoms with E-state index >= 15 is 0 Å². The molecule has 2 nitrogen and oxygen atoms in total. The molecule has 0 aromatic heterocycles. The molecule has 4 aromatic rings. The highest BCUT2D eigenvalue weighted by Gasteiger charge is 2.40. The minimum atomic E-state index is -3.46. The second-order valence-electron chi connectivity index (χ2n) is 10.8. The first-order valence-electron chi connectivity index (χ1n) is 11.3. The van der Waals surface area contributed by atoms with Gasteiger partial charge in [-0.3, -0.25) is 0 Å². The highest BCUT2D eigenvalue weighted by molar-refractivity contribution is 7.91. The van der Waals surface area contributed by atoms with E-state index in [0.29, 0.717) is 4.90 Å². The molecule has 0 atom stereocenters. The van der Waals surface area contributed by atoms with E-state index in [1.165, 1.54) is 6.26 Å². The molecule has 0 amide bonds. The SMILES string of the molecule is CC(C)(C)P(c1c(S(C)(=O)=O)cc2ccccc2c1-c1cccc2ccccc12)C(C)(C)C. The maximum absolute atomic E-state index is 13.3. The normalized spacial score (nSPS) is 13.2. The van der Waals surface area contributed by atoms with Crippen LogP contribution < -0.4 is 5.30 Å². The second-order valence-corrected chi connectivity index (χ2v) is 16.6. The van der Waals surface area contributed by atoms with Crippen molar-refractivity contribution in [3.63, 3.8) is 0 Å². The molecule has 0 fully saturated rings. The summed E-state index contributed by atoms with van der Waals surface area (Å²) in [5.74, 6) is 0. The largest absolute Gasteiger partial charge is 0.224 e. The summed E-state index contributed by atoms with van der Waals surface area (Å²) in [5, 5.41) is 5.20. The Labute approximate surface area is 199 Å². The summed E-state index contributed by atoms with van der Waals surface area (Å²) in [5.41, 5.74) is 2.17. The number of hydrogen-bond acceptors (Lipinski definition) is 2. The average molecular weight is 477 g/mol. The lowest BCUT2D eigenvalue weighted by atomic mass is 9.94. The molecule has 33 heavy (non-hydrogen) atoms. The molecule has 0 bridgehead atoms. The van der Waals surface area contributed by atoms with E-state index in [-0.39, 0.29) is 10.3 Å². The summed E-state index contributed by atoms with van der Waals surface area (Å²) in [6.07, 6.45) is 1.35. The zero-order chi connectivity index (χ0) is 24.2. The third kappa shape index (κ3) is 4.46. The standard InChI is InChI=1S/C29H33O2PS/c1-28(2,3)32(29(4,5)6)27-25(33(7,30)31)19-21-14-9-11-17-23(21)26(27)24-18-12-15-20-13-8-10-16-22(20)24/h8-19H,1-7H3. The molecule has 0 saturated heterocycles. The number of fused-ring (bicyclic) bond motifs is 2. The van der Waals surface area contributed by atoms with Gasteiger partial charge < -0.3 is 0 Å². The van der Waals surface area contributed by atoms with Gasteiger partial charge in [-0.1, -0.05) is 116 Å². The van der Waals surface area contributed by atoms with E-state index in [4.69, 9.17) is 0 Å². The molecule has 0 aliphatic heterocycles. The summed E-state index contributed by atoms with van der Waals surface area (Å²) < 4.78 is 26.6. The highest BCUT2D eigenvalue weighted by Crippen LogP contribution is 2.61. The Morgan fingerprint density at radius 1 is 0.667 bits per heavy atom. The minimum absolute atomic E-state index is 0.0885. The first-order valence-corrected chi connectivity index (χ1v) is 14.6.